The Morgan fingerprint density at radius 3 is 2.86 bits per heavy atom. The standard InChI is InChI=1S/C20H18BrN5OS/c21-16-1-4-19-23-24-20(26(19)13-16)28-17-2-3-18-15(10-17)9-14(11-22-18)12-25-5-7-27-8-6-25/h1-4,9-11,13H,5-8,12H2. The molecule has 5 rings (SSSR count). The normalized spacial score (nSPS) is 15.5. The lowest BCUT2D eigenvalue weighted by molar-refractivity contribution is 0.0341. The second kappa shape index (κ2) is 7.79. The summed E-state index contributed by atoms with van der Waals surface area (Å²) in [5.74, 6) is 0. The van der Waals surface area contributed by atoms with Gasteiger partial charge < -0.3 is 4.74 Å². The second-order valence-corrected chi connectivity index (χ2v) is 8.70. The third-order valence-corrected chi connectivity index (χ3v) is 6.18. The van der Waals surface area contributed by atoms with E-state index in [1.54, 1.807) is 11.8 Å². The Bertz CT molecular complexity index is 1140. The fourth-order valence-electron chi connectivity index (χ4n) is 3.34. The van der Waals surface area contributed by atoms with Crippen LogP contribution < -0.4 is 0 Å². The number of nitrogens with zero attached hydrogens (tertiary/aromatic N) is 5. The SMILES string of the molecule is Brc1ccc2nnc(Sc3ccc4ncc(CN5CCOCC5)cc4c3)n2c1. The smallest absolute Gasteiger partial charge is 0.200 e. The van der Waals surface area contributed by atoms with Crippen molar-refractivity contribution in [1.29, 1.82) is 0 Å². The van der Waals surface area contributed by atoms with Gasteiger partial charge in [0.25, 0.3) is 0 Å². The van der Waals surface area contributed by atoms with Gasteiger partial charge >= 0.3 is 0 Å². The summed E-state index contributed by atoms with van der Waals surface area (Å²) in [5.41, 5.74) is 3.07. The van der Waals surface area contributed by atoms with Gasteiger partial charge in [-0.15, -0.1) is 10.2 Å². The van der Waals surface area contributed by atoms with Crippen LogP contribution in [0.5, 0.6) is 0 Å². The first-order chi connectivity index (χ1) is 13.7. The number of hydrogen-bond donors (Lipinski definition) is 0. The Morgan fingerprint density at radius 2 is 1.96 bits per heavy atom. The van der Waals surface area contributed by atoms with Gasteiger partial charge in [-0.3, -0.25) is 14.3 Å². The zero-order chi connectivity index (χ0) is 18.9. The van der Waals surface area contributed by atoms with Crippen molar-refractivity contribution >= 4 is 44.2 Å². The van der Waals surface area contributed by atoms with Crippen LogP contribution in [0, 0.1) is 0 Å². The molecule has 0 saturated carbocycles. The molecule has 0 bridgehead atoms. The van der Waals surface area contributed by atoms with E-state index in [1.807, 2.05) is 28.9 Å². The number of morpholine rings is 1. The number of aromatic nitrogens is 4. The van der Waals surface area contributed by atoms with Crippen molar-refractivity contribution in [3.8, 4) is 0 Å². The summed E-state index contributed by atoms with van der Waals surface area (Å²) in [6, 6.07) is 12.5. The predicted octanol–water partition coefficient (Wildman–Crippen LogP) is 4.02. The highest BCUT2D eigenvalue weighted by Gasteiger charge is 2.12. The van der Waals surface area contributed by atoms with Crippen LogP contribution >= 0.6 is 27.7 Å². The molecule has 1 aromatic carbocycles. The predicted molar refractivity (Wildman–Crippen MR) is 113 cm³/mol. The molecule has 8 heteroatoms. The Labute approximate surface area is 175 Å². The zero-order valence-electron chi connectivity index (χ0n) is 15.1. The van der Waals surface area contributed by atoms with Gasteiger partial charge in [-0.1, -0.05) is 0 Å². The number of ether oxygens (including phenoxy) is 1. The molecule has 0 N–H and O–H groups in total. The van der Waals surface area contributed by atoms with Gasteiger partial charge in [-0.25, -0.2) is 0 Å². The molecule has 0 aliphatic carbocycles. The van der Waals surface area contributed by atoms with Gasteiger partial charge in [0.05, 0.1) is 18.7 Å². The maximum absolute atomic E-state index is 5.44. The van der Waals surface area contributed by atoms with Gasteiger partial charge in [0.2, 0.25) is 0 Å². The molecule has 28 heavy (non-hydrogen) atoms. The number of pyridine rings is 2. The average Bonchev–Trinajstić information content (AvgIpc) is 3.10. The minimum Gasteiger partial charge on any atom is -0.379 e. The summed E-state index contributed by atoms with van der Waals surface area (Å²) in [7, 11) is 0. The Balaban J connectivity index is 1.42. The molecule has 1 fully saturated rings. The second-order valence-electron chi connectivity index (χ2n) is 6.75. The van der Waals surface area contributed by atoms with Gasteiger partial charge in [-0.05, 0) is 69.7 Å². The minimum atomic E-state index is 0.810. The zero-order valence-corrected chi connectivity index (χ0v) is 17.5. The molecule has 0 atom stereocenters. The van der Waals surface area contributed by atoms with E-state index in [0.29, 0.717) is 0 Å². The average molecular weight is 456 g/mol. The van der Waals surface area contributed by atoms with Crippen LogP contribution in [-0.4, -0.2) is 50.8 Å². The highest BCUT2D eigenvalue weighted by Crippen LogP contribution is 2.30. The van der Waals surface area contributed by atoms with E-state index in [9.17, 15) is 0 Å². The highest BCUT2D eigenvalue weighted by atomic mass is 79.9. The van der Waals surface area contributed by atoms with Crippen LogP contribution in [-0.2, 0) is 11.3 Å². The van der Waals surface area contributed by atoms with Crippen LogP contribution in [0.15, 0.2) is 63.3 Å². The lowest BCUT2D eigenvalue weighted by atomic mass is 10.1. The first-order valence-electron chi connectivity index (χ1n) is 9.11. The van der Waals surface area contributed by atoms with E-state index >= 15 is 0 Å². The Morgan fingerprint density at radius 1 is 1.07 bits per heavy atom. The lowest BCUT2D eigenvalue weighted by Crippen LogP contribution is -2.35. The molecule has 0 radical (unpaired) electrons. The molecule has 1 aliphatic heterocycles. The van der Waals surface area contributed by atoms with Crippen LogP contribution in [0.1, 0.15) is 5.56 Å². The number of benzene rings is 1. The molecule has 6 nitrogen and oxygen atoms in total. The maximum atomic E-state index is 5.44. The summed E-state index contributed by atoms with van der Waals surface area (Å²) in [5, 5.41) is 10.6. The highest BCUT2D eigenvalue weighted by molar-refractivity contribution is 9.10. The monoisotopic (exact) mass is 455 g/mol. The quantitative estimate of drug-likeness (QED) is 0.463. The van der Waals surface area contributed by atoms with E-state index < -0.39 is 0 Å². The number of hydrogen-bond acceptors (Lipinski definition) is 6. The van der Waals surface area contributed by atoms with Crippen LogP contribution in [0.3, 0.4) is 0 Å². The molecule has 4 heterocycles. The van der Waals surface area contributed by atoms with Crippen molar-refractivity contribution in [3.63, 3.8) is 0 Å². The Hall–Kier alpha value is -2.00. The Kier molecular flexibility index (Phi) is 5.02. The van der Waals surface area contributed by atoms with Crippen LogP contribution in [0.4, 0.5) is 0 Å². The van der Waals surface area contributed by atoms with E-state index in [0.717, 1.165) is 63.9 Å². The molecule has 3 aromatic heterocycles. The molecule has 142 valence electrons. The molecule has 0 amide bonds. The molecule has 4 aromatic rings. The first-order valence-corrected chi connectivity index (χ1v) is 10.7. The van der Waals surface area contributed by atoms with Gasteiger partial charge in [0.1, 0.15) is 0 Å². The van der Waals surface area contributed by atoms with Crippen molar-refractivity contribution in [3.05, 3.63) is 58.8 Å². The molecule has 0 unspecified atom stereocenters. The molecule has 1 saturated heterocycles. The number of halogens is 1. The summed E-state index contributed by atoms with van der Waals surface area (Å²) >= 11 is 5.11. The van der Waals surface area contributed by atoms with E-state index in [-0.39, 0.29) is 0 Å². The fourth-order valence-corrected chi connectivity index (χ4v) is 4.54. The van der Waals surface area contributed by atoms with Crippen molar-refractivity contribution < 1.29 is 4.74 Å². The van der Waals surface area contributed by atoms with Gasteiger partial charge in [-0.2, -0.15) is 0 Å². The summed E-state index contributed by atoms with van der Waals surface area (Å²) in [4.78, 5) is 8.17. The maximum Gasteiger partial charge on any atom is 0.200 e. The number of rotatable bonds is 4. The lowest BCUT2D eigenvalue weighted by Gasteiger charge is -2.26. The van der Waals surface area contributed by atoms with Crippen molar-refractivity contribution in [2.45, 2.75) is 16.6 Å². The molecular formula is C20H18BrN5OS. The van der Waals surface area contributed by atoms with Crippen molar-refractivity contribution in [2.75, 3.05) is 26.3 Å². The third-order valence-electron chi connectivity index (χ3n) is 4.76. The summed E-state index contributed by atoms with van der Waals surface area (Å²) in [6.07, 6.45) is 3.97. The molecule has 0 spiro atoms. The summed E-state index contributed by atoms with van der Waals surface area (Å²) in [6.45, 7) is 4.48. The van der Waals surface area contributed by atoms with E-state index in [2.05, 4.69) is 60.3 Å². The van der Waals surface area contributed by atoms with Crippen molar-refractivity contribution in [1.82, 2.24) is 24.5 Å². The van der Waals surface area contributed by atoms with E-state index in [4.69, 9.17) is 4.74 Å². The largest absolute Gasteiger partial charge is 0.379 e. The van der Waals surface area contributed by atoms with Gasteiger partial charge in [0.15, 0.2) is 10.8 Å². The first kappa shape index (κ1) is 18.1. The van der Waals surface area contributed by atoms with Gasteiger partial charge in [0, 0.05) is 46.8 Å². The van der Waals surface area contributed by atoms with Crippen LogP contribution in [0.2, 0.25) is 0 Å². The summed E-state index contributed by atoms with van der Waals surface area (Å²) < 4.78 is 8.42. The minimum absolute atomic E-state index is 0.810. The third kappa shape index (κ3) is 3.77. The van der Waals surface area contributed by atoms with Crippen molar-refractivity contribution in [2.24, 2.45) is 0 Å². The molecular weight excluding hydrogens is 438 g/mol. The van der Waals surface area contributed by atoms with Crippen LogP contribution in [0.25, 0.3) is 16.6 Å². The fraction of sp³-hybridized carbons (Fsp3) is 0.250. The van der Waals surface area contributed by atoms with E-state index in [1.165, 1.54) is 5.56 Å². The molecule has 1 aliphatic rings. The topological polar surface area (TPSA) is 55.5 Å². The number of fused-ring (bicyclic) bond motifs is 2.